The van der Waals surface area contributed by atoms with Gasteiger partial charge in [-0.1, -0.05) is 0 Å². The Morgan fingerprint density at radius 1 is 1.64 bits per heavy atom. The van der Waals surface area contributed by atoms with E-state index < -0.39 is 0 Å². The van der Waals surface area contributed by atoms with Crippen LogP contribution in [0.25, 0.3) is 0 Å². The Balaban J connectivity index is 2.27. The van der Waals surface area contributed by atoms with Gasteiger partial charge in [0, 0.05) is 31.5 Å². The SMILES string of the molecule is Cc1cc(CNCCN)c[nH]1. The van der Waals surface area contributed by atoms with Crippen LogP contribution in [0.5, 0.6) is 0 Å². The molecule has 0 spiro atoms. The third kappa shape index (κ3) is 2.74. The molecule has 0 unspecified atom stereocenters. The lowest BCUT2D eigenvalue weighted by Gasteiger charge is -1.98. The van der Waals surface area contributed by atoms with Crippen molar-refractivity contribution in [2.45, 2.75) is 13.5 Å². The average Bonchev–Trinajstić information content (AvgIpc) is 2.37. The van der Waals surface area contributed by atoms with Crippen LogP contribution in [0.4, 0.5) is 0 Å². The van der Waals surface area contributed by atoms with Crippen molar-refractivity contribution in [3.8, 4) is 0 Å². The molecule has 3 heteroatoms. The van der Waals surface area contributed by atoms with E-state index in [9.17, 15) is 0 Å². The first-order valence-electron chi connectivity index (χ1n) is 3.87. The Hall–Kier alpha value is -0.800. The summed E-state index contributed by atoms with van der Waals surface area (Å²) < 4.78 is 0. The van der Waals surface area contributed by atoms with Gasteiger partial charge in [0.25, 0.3) is 0 Å². The summed E-state index contributed by atoms with van der Waals surface area (Å²) in [6.07, 6.45) is 2.01. The Labute approximate surface area is 67.0 Å². The van der Waals surface area contributed by atoms with Gasteiger partial charge in [0.2, 0.25) is 0 Å². The van der Waals surface area contributed by atoms with Crippen molar-refractivity contribution in [1.29, 1.82) is 0 Å². The lowest BCUT2D eigenvalue weighted by atomic mass is 10.3. The largest absolute Gasteiger partial charge is 0.365 e. The zero-order chi connectivity index (χ0) is 8.10. The second kappa shape index (κ2) is 4.16. The van der Waals surface area contributed by atoms with Gasteiger partial charge in [-0.3, -0.25) is 0 Å². The molecule has 4 N–H and O–H groups in total. The fourth-order valence-electron chi connectivity index (χ4n) is 1.00. The van der Waals surface area contributed by atoms with Gasteiger partial charge in [-0.15, -0.1) is 0 Å². The fourth-order valence-corrected chi connectivity index (χ4v) is 1.00. The minimum atomic E-state index is 0.698. The Morgan fingerprint density at radius 3 is 3.00 bits per heavy atom. The van der Waals surface area contributed by atoms with Crippen LogP contribution in [0.15, 0.2) is 12.3 Å². The number of rotatable bonds is 4. The third-order valence-corrected chi connectivity index (χ3v) is 1.54. The summed E-state index contributed by atoms with van der Waals surface area (Å²) in [6.45, 7) is 4.53. The van der Waals surface area contributed by atoms with Gasteiger partial charge < -0.3 is 16.0 Å². The fraction of sp³-hybridized carbons (Fsp3) is 0.500. The van der Waals surface area contributed by atoms with Crippen molar-refractivity contribution in [1.82, 2.24) is 10.3 Å². The topological polar surface area (TPSA) is 53.8 Å². The summed E-state index contributed by atoms with van der Waals surface area (Å²) in [5, 5.41) is 3.22. The number of H-pyrrole nitrogens is 1. The highest BCUT2D eigenvalue weighted by Crippen LogP contribution is 2.00. The molecule has 0 bridgehead atoms. The molecule has 0 saturated carbocycles. The summed E-state index contributed by atoms with van der Waals surface area (Å²) in [5.74, 6) is 0. The average molecular weight is 153 g/mol. The number of aromatic nitrogens is 1. The van der Waals surface area contributed by atoms with Crippen LogP contribution in [0, 0.1) is 6.92 Å². The van der Waals surface area contributed by atoms with E-state index in [-0.39, 0.29) is 0 Å². The molecule has 0 radical (unpaired) electrons. The molecule has 1 rings (SSSR count). The molecule has 1 aromatic heterocycles. The van der Waals surface area contributed by atoms with Crippen molar-refractivity contribution in [2.24, 2.45) is 5.73 Å². The van der Waals surface area contributed by atoms with E-state index in [1.807, 2.05) is 13.1 Å². The molecule has 0 amide bonds. The van der Waals surface area contributed by atoms with Crippen molar-refractivity contribution >= 4 is 0 Å². The van der Waals surface area contributed by atoms with E-state index in [0.29, 0.717) is 6.54 Å². The first-order chi connectivity index (χ1) is 5.33. The maximum atomic E-state index is 5.33. The number of nitrogens with two attached hydrogens (primary N) is 1. The van der Waals surface area contributed by atoms with E-state index in [1.54, 1.807) is 0 Å². The quantitative estimate of drug-likeness (QED) is 0.547. The van der Waals surface area contributed by atoms with Crippen LogP contribution < -0.4 is 11.1 Å². The van der Waals surface area contributed by atoms with Gasteiger partial charge in [0.15, 0.2) is 0 Å². The van der Waals surface area contributed by atoms with Gasteiger partial charge in [-0.25, -0.2) is 0 Å². The van der Waals surface area contributed by atoms with Gasteiger partial charge in [-0.2, -0.15) is 0 Å². The van der Waals surface area contributed by atoms with Gasteiger partial charge in [0.05, 0.1) is 0 Å². The highest BCUT2D eigenvalue weighted by molar-refractivity contribution is 5.14. The van der Waals surface area contributed by atoms with Crippen molar-refractivity contribution in [3.63, 3.8) is 0 Å². The van der Waals surface area contributed by atoms with E-state index in [1.165, 1.54) is 11.3 Å². The smallest absolute Gasteiger partial charge is 0.0221 e. The van der Waals surface area contributed by atoms with Crippen molar-refractivity contribution < 1.29 is 0 Å². The van der Waals surface area contributed by atoms with Crippen LogP contribution in [-0.4, -0.2) is 18.1 Å². The normalized spacial score (nSPS) is 10.4. The molecule has 0 aromatic carbocycles. The standard InChI is InChI=1S/C8H15N3/c1-7-4-8(6-11-7)5-10-3-2-9/h4,6,10-11H,2-3,5,9H2,1H3. The zero-order valence-electron chi connectivity index (χ0n) is 6.85. The minimum Gasteiger partial charge on any atom is -0.365 e. The molecule has 3 nitrogen and oxygen atoms in total. The molecule has 0 atom stereocenters. The maximum Gasteiger partial charge on any atom is 0.0221 e. The summed E-state index contributed by atoms with van der Waals surface area (Å²) in [6, 6.07) is 2.13. The minimum absolute atomic E-state index is 0.698. The van der Waals surface area contributed by atoms with Crippen LogP contribution >= 0.6 is 0 Å². The molecular formula is C8H15N3. The molecule has 62 valence electrons. The molecule has 1 heterocycles. The highest BCUT2D eigenvalue weighted by Gasteiger charge is 1.92. The monoisotopic (exact) mass is 153 g/mol. The maximum absolute atomic E-state index is 5.33. The molecule has 0 fully saturated rings. The van der Waals surface area contributed by atoms with E-state index in [0.717, 1.165) is 13.1 Å². The number of aromatic amines is 1. The summed E-state index contributed by atoms with van der Waals surface area (Å²) in [5.41, 5.74) is 7.82. The summed E-state index contributed by atoms with van der Waals surface area (Å²) in [4.78, 5) is 3.12. The lowest BCUT2D eigenvalue weighted by molar-refractivity contribution is 0.695. The van der Waals surface area contributed by atoms with Crippen LogP contribution in [0.2, 0.25) is 0 Å². The molecule has 1 aromatic rings. The lowest BCUT2D eigenvalue weighted by Crippen LogP contribution is -2.21. The van der Waals surface area contributed by atoms with Gasteiger partial charge in [0.1, 0.15) is 0 Å². The summed E-state index contributed by atoms with van der Waals surface area (Å²) in [7, 11) is 0. The predicted octanol–water partition coefficient (Wildman–Crippen LogP) is 0.371. The van der Waals surface area contributed by atoms with Gasteiger partial charge >= 0.3 is 0 Å². The number of nitrogens with one attached hydrogen (secondary N) is 2. The molecule has 0 aliphatic carbocycles. The van der Waals surface area contributed by atoms with Crippen molar-refractivity contribution in [2.75, 3.05) is 13.1 Å². The predicted molar refractivity (Wildman–Crippen MR) is 46.3 cm³/mol. The number of hydrogen-bond donors (Lipinski definition) is 3. The second-order valence-corrected chi connectivity index (χ2v) is 2.66. The molecular weight excluding hydrogens is 138 g/mol. The summed E-state index contributed by atoms with van der Waals surface area (Å²) >= 11 is 0. The second-order valence-electron chi connectivity index (χ2n) is 2.66. The Kier molecular flexibility index (Phi) is 3.14. The molecule has 11 heavy (non-hydrogen) atoms. The Morgan fingerprint density at radius 2 is 2.45 bits per heavy atom. The number of aryl methyl sites for hydroxylation is 1. The van der Waals surface area contributed by atoms with Crippen molar-refractivity contribution in [3.05, 3.63) is 23.5 Å². The molecule has 0 saturated heterocycles. The number of hydrogen-bond acceptors (Lipinski definition) is 2. The highest BCUT2D eigenvalue weighted by atomic mass is 14.9. The Bertz CT molecular complexity index is 205. The van der Waals surface area contributed by atoms with Crippen LogP contribution in [0.3, 0.4) is 0 Å². The van der Waals surface area contributed by atoms with E-state index >= 15 is 0 Å². The van der Waals surface area contributed by atoms with Crippen LogP contribution in [0.1, 0.15) is 11.3 Å². The zero-order valence-corrected chi connectivity index (χ0v) is 6.85. The van der Waals surface area contributed by atoms with E-state index in [2.05, 4.69) is 16.4 Å². The van der Waals surface area contributed by atoms with Crippen LogP contribution in [-0.2, 0) is 6.54 Å². The molecule has 0 aliphatic heterocycles. The van der Waals surface area contributed by atoms with Gasteiger partial charge in [-0.05, 0) is 18.6 Å². The molecule has 0 aliphatic rings. The third-order valence-electron chi connectivity index (χ3n) is 1.54. The van der Waals surface area contributed by atoms with E-state index in [4.69, 9.17) is 5.73 Å². The first kappa shape index (κ1) is 8.30. The first-order valence-corrected chi connectivity index (χ1v) is 3.87.